The van der Waals surface area contributed by atoms with Gasteiger partial charge in [-0.15, -0.1) is 0 Å². The number of benzene rings is 2. The molecule has 0 unspecified atom stereocenters. The van der Waals surface area contributed by atoms with Gasteiger partial charge in [0.1, 0.15) is 11.6 Å². The first-order valence-electron chi connectivity index (χ1n) is 8.68. The van der Waals surface area contributed by atoms with Gasteiger partial charge >= 0.3 is 0 Å². The van der Waals surface area contributed by atoms with E-state index in [9.17, 15) is 9.18 Å². The molecule has 0 fully saturated rings. The molecule has 3 aromatic rings. The third-order valence-corrected chi connectivity index (χ3v) is 4.02. The van der Waals surface area contributed by atoms with Gasteiger partial charge in [-0.1, -0.05) is 13.3 Å². The van der Waals surface area contributed by atoms with E-state index in [0.717, 1.165) is 18.6 Å². The molecule has 134 valence electrons. The van der Waals surface area contributed by atoms with Gasteiger partial charge in [0.25, 0.3) is 5.91 Å². The zero-order valence-electron chi connectivity index (χ0n) is 14.9. The van der Waals surface area contributed by atoms with Crippen LogP contribution in [0.15, 0.2) is 48.5 Å². The largest absolute Gasteiger partial charge is 0.494 e. The van der Waals surface area contributed by atoms with Gasteiger partial charge in [-0.2, -0.15) is 0 Å². The van der Waals surface area contributed by atoms with Crippen LogP contribution in [-0.4, -0.2) is 17.5 Å². The summed E-state index contributed by atoms with van der Waals surface area (Å²) < 4.78 is 19.2. The minimum absolute atomic E-state index is 0.300. The SMILES string of the molecule is CCCCOc1ccc(NC(=O)c2cc(C)nc3ccc(F)cc23)cc1. The van der Waals surface area contributed by atoms with Crippen molar-refractivity contribution in [3.63, 3.8) is 0 Å². The monoisotopic (exact) mass is 352 g/mol. The van der Waals surface area contributed by atoms with E-state index in [-0.39, 0.29) is 5.91 Å². The average molecular weight is 352 g/mol. The van der Waals surface area contributed by atoms with E-state index in [1.165, 1.54) is 12.1 Å². The third-order valence-electron chi connectivity index (χ3n) is 4.02. The zero-order valence-corrected chi connectivity index (χ0v) is 14.9. The van der Waals surface area contributed by atoms with Crippen LogP contribution in [-0.2, 0) is 0 Å². The summed E-state index contributed by atoms with van der Waals surface area (Å²) in [5.74, 6) is 0.0697. The maximum atomic E-state index is 13.6. The number of amides is 1. The number of aryl methyl sites for hydroxylation is 1. The Kier molecular flexibility index (Phi) is 5.46. The lowest BCUT2D eigenvalue weighted by molar-refractivity contribution is 0.102. The summed E-state index contributed by atoms with van der Waals surface area (Å²) in [6, 6.07) is 13.1. The second-order valence-electron chi connectivity index (χ2n) is 6.15. The fourth-order valence-electron chi connectivity index (χ4n) is 2.69. The van der Waals surface area contributed by atoms with Crippen molar-refractivity contribution in [2.75, 3.05) is 11.9 Å². The van der Waals surface area contributed by atoms with Crippen molar-refractivity contribution in [1.82, 2.24) is 4.98 Å². The molecule has 0 spiro atoms. The second kappa shape index (κ2) is 7.95. The lowest BCUT2D eigenvalue weighted by Crippen LogP contribution is -2.13. The van der Waals surface area contributed by atoms with Crippen molar-refractivity contribution in [2.45, 2.75) is 26.7 Å². The predicted octanol–water partition coefficient (Wildman–Crippen LogP) is 5.11. The Morgan fingerprint density at radius 2 is 1.92 bits per heavy atom. The average Bonchev–Trinajstić information content (AvgIpc) is 2.63. The Labute approximate surface area is 152 Å². The Hall–Kier alpha value is -2.95. The molecule has 3 rings (SSSR count). The highest BCUT2D eigenvalue weighted by Gasteiger charge is 2.13. The molecule has 1 aromatic heterocycles. The number of hydrogen-bond acceptors (Lipinski definition) is 3. The number of ether oxygens (including phenoxy) is 1. The van der Waals surface area contributed by atoms with Gasteiger partial charge in [0, 0.05) is 16.8 Å². The summed E-state index contributed by atoms with van der Waals surface area (Å²) in [4.78, 5) is 17.0. The number of carbonyl (C=O) groups is 1. The number of carbonyl (C=O) groups excluding carboxylic acids is 1. The Balaban J connectivity index is 1.80. The minimum Gasteiger partial charge on any atom is -0.494 e. The summed E-state index contributed by atoms with van der Waals surface area (Å²) in [6.45, 7) is 4.59. The molecule has 4 nitrogen and oxygen atoms in total. The van der Waals surface area contributed by atoms with Crippen LogP contribution in [0.1, 0.15) is 35.8 Å². The molecule has 0 radical (unpaired) electrons. The number of anilines is 1. The maximum absolute atomic E-state index is 13.6. The maximum Gasteiger partial charge on any atom is 0.256 e. The van der Waals surface area contributed by atoms with Crippen molar-refractivity contribution in [2.24, 2.45) is 0 Å². The predicted molar refractivity (Wildman–Crippen MR) is 101 cm³/mol. The van der Waals surface area contributed by atoms with E-state index in [1.807, 2.05) is 19.1 Å². The highest BCUT2D eigenvalue weighted by molar-refractivity contribution is 6.12. The molecule has 0 aliphatic carbocycles. The summed E-state index contributed by atoms with van der Waals surface area (Å²) in [5.41, 5.74) is 2.34. The van der Waals surface area contributed by atoms with Gasteiger partial charge in [-0.25, -0.2) is 4.39 Å². The van der Waals surface area contributed by atoms with E-state index >= 15 is 0 Å². The van der Waals surface area contributed by atoms with Crippen LogP contribution in [0.5, 0.6) is 5.75 Å². The molecule has 2 aromatic carbocycles. The second-order valence-corrected chi connectivity index (χ2v) is 6.15. The molecular formula is C21H21FN2O2. The molecular weight excluding hydrogens is 331 g/mol. The quantitative estimate of drug-likeness (QED) is 0.627. The topological polar surface area (TPSA) is 51.2 Å². The molecule has 0 aliphatic rings. The van der Waals surface area contributed by atoms with Gasteiger partial charge in [0.2, 0.25) is 0 Å². The van der Waals surface area contributed by atoms with Crippen LogP contribution in [0.4, 0.5) is 10.1 Å². The number of unbranched alkanes of at least 4 members (excludes halogenated alkanes) is 1. The molecule has 1 amide bonds. The summed E-state index contributed by atoms with van der Waals surface area (Å²) in [7, 11) is 0. The number of fused-ring (bicyclic) bond motifs is 1. The Morgan fingerprint density at radius 3 is 2.65 bits per heavy atom. The lowest BCUT2D eigenvalue weighted by Gasteiger charge is -2.10. The van der Waals surface area contributed by atoms with E-state index in [0.29, 0.717) is 34.5 Å². The van der Waals surface area contributed by atoms with Crippen LogP contribution < -0.4 is 10.1 Å². The molecule has 0 saturated carbocycles. The number of nitrogens with one attached hydrogen (secondary N) is 1. The number of aromatic nitrogens is 1. The summed E-state index contributed by atoms with van der Waals surface area (Å²) >= 11 is 0. The lowest BCUT2D eigenvalue weighted by atomic mass is 10.1. The first kappa shape index (κ1) is 17.9. The normalized spacial score (nSPS) is 10.7. The Morgan fingerprint density at radius 1 is 1.15 bits per heavy atom. The molecule has 0 aliphatic heterocycles. The van der Waals surface area contributed by atoms with Gasteiger partial charge in [-0.3, -0.25) is 9.78 Å². The van der Waals surface area contributed by atoms with Crippen LogP contribution in [0, 0.1) is 12.7 Å². The number of hydrogen-bond donors (Lipinski definition) is 1. The smallest absolute Gasteiger partial charge is 0.256 e. The minimum atomic E-state index is -0.397. The standard InChI is InChI=1S/C21H21FN2O2/c1-3-4-11-26-17-8-6-16(7-9-17)24-21(25)19-12-14(2)23-20-10-5-15(22)13-18(19)20/h5-10,12-13H,3-4,11H2,1-2H3,(H,24,25). The van der Waals surface area contributed by atoms with Crippen LogP contribution in [0.3, 0.4) is 0 Å². The zero-order chi connectivity index (χ0) is 18.5. The molecule has 1 N–H and O–H groups in total. The summed E-state index contributed by atoms with van der Waals surface area (Å²) in [6.07, 6.45) is 2.08. The molecule has 0 atom stereocenters. The molecule has 5 heteroatoms. The van der Waals surface area contributed by atoms with Gasteiger partial charge in [0.15, 0.2) is 0 Å². The van der Waals surface area contributed by atoms with Crippen molar-refractivity contribution in [3.8, 4) is 5.75 Å². The summed E-state index contributed by atoms with van der Waals surface area (Å²) in [5, 5.41) is 3.34. The highest BCUT2D eigenvalue weighted by atomic mass is 19.1. The van der Waals surface area contributed by atoms with Crippen LogP contribution in [0.2, 0.25) is 0 Å². The third kappa shape index (κ3) is 4.17. The van der Waals surface area contributed by atoms with E-state index in [2.05, 4.69) is 17.2 Å². The van der Waals surface area contributed by atoms with Crippen molar-refractivity contribution >= 4 is 22.5 Å². The molecule has 1 heterocycles. The number of pyridine rings is 1. The van der Waals surface area contributed by atoms with Crippen molar-refractivity contribution in [3.05, 3.63) is 65.6 Å². The Bertz CT molecular complexity index is 923. The molecule has 0 bridgehead atoms. The highest BCUT2D eigenvalue weighted by Crippen LogP contribution is 2.22. The van der Waals surface area contributed by atoms with Crippen molar-refractivity contribution < 1.29 is 13.9 Å². The fourth-order valence-corrected chi connectivity index (χ4v) is 2.69. The van der Waals surface area contributed by atoms with E-state index in [1.54, 1.807) is 24.3 Å². The van der Waals surface area contributed by atoms with Crippen LogP contribution >= 0.6 is 0 Å². The van der Waals surface area contributed by atoms with E-state index < -0.39 is 5.82 Å². The first-order valence-corrected chi connectivity index (χ1v) is 8.68. The van der Waals surface area contributed by atoms with Gasteiger partial charge in [-0.05, 0) is 61.9 Å². The molecule has 26 heavy (non-hydrogen) atoms. The van der Waals surface area contributed by atoms with E-state index in [4.69, 9.17) is 4.74 Å². The van der Waals surface area contributed by atoms with Crippen LogP contribution in [0.25, 0.3) is 10.9 Å². The number of halogens is 1. The van der Waals surface area contributed by atoms with Crippen molar-refractivity contribution in [1.29, 1.82) is 0 Å². The number of rotatable bonds is 6. The fraction of sp³-hybridized carbons (Fsp3) is 0.238. The molecule has 0 saturated heterocycles. The van der Waals surface area contributed by atoms with Gasteiger partial charge < -0.3 is 10.1 Å². The first-order chi connectivity index (χ1) is 12.6. The van der Waals surface area contributed by atoms with Gasteiger partial charge in [0.05, 0.1) is 17.7 Å². The number of nitrogens with zero attached hydrogens (tertiary/aromatic N) is 1.